The Bertz CT molecular complexity index is 357. The number of amides is 1. The number of nitrogens with one attached hydrogen (secondary N) is 1. The quantitative estimate of drug-likeness (QED) is 0.832. The van der Waals surface area contributed by atoms with Crippen molar-refractivity contribution in [3.05, 3.63) is 10.6 Å². The zero-order valence-corrected chi connectivity index (χ0v) is 10.5. The third-order valence-electron chi connectivity index (χ3n) is 2.14. The van der Waals surface area contributed by atoms with Gasteiger partial charge in [-0.1, -0.05) is 11.3 Å². The third kappa shape index (κ3) is 2.91. The molecule has 0 saturated carbocycles. The summed E-state index contributed by atoms with van der Waals surface area (Å²) in [6, 6.07) is -0.512. The Labute approximate surface area is 104 Å². The fourth-order valence-corrected chi connectivity index (χ4v) is 2.25. The lowest BCUT2D eigenvalue weighted by Crippen LogP contribution is -2.32. The predicted molar refractivity (Wildman–Crippen MR) is 65.0 cm³/mol. The molecule has 0 unspecified atom stereocenters. The van der Waals surface area contributed by atoms with Crippen LogP contribution in [-0.2, 0) is 22.6 Å². The molecular weight excluding hydrogens is 250 g/mol. The van der Waals surface area contributed by atoms with Crippen LogP contribution in [0.15, 0.2) is 0 Å². The van der Waals surface area contributed by atoms with Crippen LogP contribution in [0, 0.1) is 0 Å². The van der Waals surface area contributed by atoms with Crippen LogP contribution in [0.3, 0.4) is 0 Å². The van der Waals surface area contributed by atoms with Crippen LogP contribution in [0.2, 0.25) is 0 Å². The van der Waals surface area contributed by atoms with Crippen molar-refractivity contribution < 1.29 is 9.53 Å². The van der Waals surface area contributed by atoms with Gasteiger partial charge in [-0.3, -0.25) is 4.79 Å². The number of hydrogen-bond acceptors (Lipinski definition) is 5. The molecule has 2 rings (SSSR count). The summed E-state index contributed by atoms with van der Waals surface area (Å²) >= 11 is 1.46. The molecule has 3 N–H and O–H groups in total. The van der Waals surface area contributed by atoms with Crippen LogP contribution in [0.4, 0.5) is 5.13 Å². The van der Waals surface area contributed by atoms with E-state index in [0.717, 1.165) is 17.0 Å². The van der Waals surface area contributed by atoms with E-state index in [2.05, 4.69) is 10.3 Å². The summed E-state index contributed by atoms with van der Waals surface area (Å²) in [6.45, 7) is 2.95. The molecule has 5 nitrogen and oxygen atoms in total. The monoisotopic (exact) mass is 263 g/mol. The standard InChI is InChI=1S/C9H13N3O2S.ClH/c1-5(10)8(13)12-9-11-6-2-3-14-4-7(6)15-9;/h5H,2-4,10H2,1H3,(H,11,12,13);1H/t5-;/m1./s1. The van der Waals surface area contributed by atoms with Gasteiger partial charge in [-0.15, -0.1) is 12.4 Å². The number of hydrogen-bond donors (Lipinski definition) is 2. The minimum Gasteiger partial charge on any atom is -0.375 e. The highest BCUT2D eigenvalue weighted by molar-refractivity contribution is 7.15. The number of thiazole rings is 1. The molecule has 0 radical (unpaired) electrons. The number of aromatic nitrogens is 1. The average molecular weight is 264 g/mol. The Balaban J connectivity index is 0.00000128. The summed E-state index contributed by atoms with van der Waals surface area (Å²) in [5, 5.41) is 3.30. The molecule has 16 heavy (non-hydrogen) atoms. The van der Waals surface area contributed by atoms with Gasteiger partial charge >= 0.3 is 0 Å². The first kappa shape index (κ1) is 13.4. The first-order valence-electron chi connectivity index (χ1n) is 4.79. The molecule has 1 aliphatic rings. The van der Waals surface area contributed by atoms with Gasteiger partial charge in [0, 0.05) is 6.42 Å². The van der Waals surface area contributed by atoms with E-state index in [4.69, 9.17) is 10.5 Å². The fourth-order valence-electron chi connectivity index (χ4n) is 1.30. The first-order chi connectivity index (χ1) is 7.16. The van der Waals surface area contributed by atoms with E-state index in [1.807, 2.05) is 0 Å². The smallest absolute Gasteiger partial charge is 0.242 e. The number of ether oxygens (including phenoxy) is 1. The van der Waals surface area contributed by atoms with Gasteiger partial charge in [0.1, 0.15) is 0 Å². The Morgan fingerprint density at radius 2 is 2.44 bits per heavy atom. The normalized spacial score (nSPS) is 15.9. The molecule has 7 heteroatoms. The molecule has 1 amide bonds. The van der Waals surface area contributed by atoms with Crippen molar-refractivity contribution in [1.82, 2.24) is 4.98 Å². The average Bonchev–Trinajstić information content (AvgIpc) is 2.59. The summed E-state index contributed by atoms with van der Waals surface area (Å²) in [5.41, 5.74) is 6.48. The van der Waals surface area contributed by atoms with Crippen LogP contribution in [0.25, 0.3) is 0 Å². The van der Waals surface area contributed by atoms with Crippen molar-refractivity contribution in [2.24, 2.45) is 5.73 Å². The number of anilines is 1. The van der Waals surface area contributed by atoms with Crippen LogP contribution >= 0.6 is 23.7 Å². The highest BCUT2D eigenvalue weighted by atomic mass is 35.5. The lowest BCUT2D eigenvalue weighted by Gasteiger charge is -2.08. The molecule has 90 valence electrons. The highest BCUT2D eigenvalue weighted by Crippen LogP contribution is 2.26. The Morgan fingerprint density at radius 3 is 3.06 bits per heavy atom. The van der Waals surface area contributed by atoms with Gasteiger partial charge in [-0.25, -0.2) is 4.98 Å². The van der Waals surface area contributed by atoms with Gasteiger partial charge in [-0.05, 0) is 6.92 Å². The van der Waals surface area contributed by atoms with E-state index < -0.39 is 6.04 Å². The minimum atomic E-state index is -0.512. The van der Waals surface area contributed by atoms with E-state index in [1.165, 1.54) is 11.3 Å². The maximum atomic E-state index is 11.3. The number of halogens is 1. The maximum Gasteiger partial charge on any atom is 0.242 e. The summed E-state index contributed by atoms with van der Waals surface area (Å²) < 4.78 is 5.29. The Morgan fingerprint density at radius 1 is 1.69 bits per heavy atom. The molecular formula is C9H14ClN3O2S. The van der Waals surface area contributed by atoms with Gasteiger partial charge in [0.2, 0.25) is 5.91 Å². The lowest BCUT2D eigenvalue weighted by atomic mass is 10.2. The lowest BCUT2D eigenvalue weighted by molar-refractivity contribution is -0.117. The number of carbonyl (C=O) groups is 1. The number of nitrogens with zero attached hydrogens (tertiary/aromatic N) is 1. The van der Waals surface area contributed by atoms with Gasteiger partial charge in [-0.2, -0.15) is 0 Å². The molecule has 0 spiro atoms. The van der Waals surface area contributed by atoms with Gasteiger partial charge < -0.3 is 15.8 Å². The number of nitrogens with two attached hydrogens (primary N) is 1. The van der Waals surface area contributed by atoms with Gasteiger partial charge in [0.25, 0.3) is 0 Å². The van der Waals surface area contributed by atoms with E-state index in [1.54, 1.807) is 6.92 Å². The predicted octanol–water partition coefficient (Wildman–Crippen LogP) is 0.923. The van der Waals surface area contributed by atoms with Crippen molar-refractivity contribution >= 4 is 34.8 Å². The fraction of sp³-hybridized carbons (Fsp3) is 0.556. The summed E-state index contributed by atoms with van der Waals surface area (Å²) in [4.78, 5) is 16.7. The van der Waals surface area contributed by atoms with Crippen molar-refractivity contribution in [2.75, 3.05) is 11.9 Å². The van der Waals surface area contributed by atoms with Crippen molar-refractivity contribution in [1.29, 1.82) is 0 Å². The second kappa shape index (κ2) is 5.58. The molecule has 0 bridgehead atoms. The zero-order valence-electron chi connectivity index (χ0n) is 8.86. The SMILES string of the molecule is C[C@@H](N)C(=O)Nc1nc2c(s1)COCC2.Cl. The van der Waals surface area contributed by atoms with Gasteiger partial charge in [0.15, 0.2) is 5.13 Å². The molecule has 1 aromatic rings. The minimum absolute atomic E-state index is 0. The molecule has 0 aromatic carbocycles. The topological polar surface area (TPSA) is 77.2 Å². The summed E-state index contributed by atoms with van der Waals surface area (Å²) in [6.07, 6.45) is 0.819. The van der Waals surface area contributed by atoms with E-state index in [-0.39, 0.29) is 18.3 Å². The molecule has 0 aliphatic carbocycles. The zero-order chi connectivity index (χ0) is 10.8. The molecule has 2 heterocycles. The van der Waals surface area contributed by atoms with Crippen LogP contribution < -0.4 is 11.1 Å². The van der Waals surface area contributed by atoms with Crippen molar-refractivity contribution in [2.45, 2.75) is 26.0 Å². The number of carbonyl (C=O) groups excluding carboxylic acids is 1. The van der Waals surface area contributed by atoms with Crippen molar-refractivity contribution in [3.63, 3.8) is 0 Å². The molecule has 0 fully saturated rings. The molecule has 0 saturated heterocycles. The molecule has 1 atom stereocenters. The van der Waals surface area contributed by atoms with E-state index in [0.29, 0.717) is 18.3 Å². The number of fused-ring (bicyclic) bond motifs is 1. The molecule has 1 aromatic heterocycles. The maximum absolute atomic E-state index is 11.3. The summed E-state index contributed by atoms with van der Waals surface area (Å²) in [5.74, 6) is -0.206. The van der Waals surface area contributed by atoms with Crippen LogP contribution in [0.5, 0.6) is 0 Å². The Hall–Kier alpha value is -0.690. The largest absolute Gasteiger partial charge is 0.375 e. The highest BCUT2D eigenvalue weighted by Gasteiger charge is 2.17. The van der Waals surface area contributed by atoms with E-state index in [9.17, 15) is 4.79 Å². The van der Waals surface area contributed by atoms with E-state index >= 15 is 0 Å². The van der Waals surface area contributed by atoms with Crippen LogP contribution in [0.1, 0.15) is 17.5 Å². The first-order valence-corrected chi connectivity index (χ1v) is 5.61. The second-order valence-electron chi connectivity index (χ2n) is 3.47. The van der Waals surface area contributed by atoms with Gasteiger partial charge in [0.05, 0.1) is 29.8 Å². The molecule has 1 aliphatic heterocycles. The number of rotatable bonds is 2. The van der Waals surface area contributed by atoms with Crippen molar-refractivity contribution in [3.8, 4) is 0 Å². The third-order valence-corrected chi connectivity index (χ3v) is 3.12. The summed E-state index contributed by atoms with van der Waals surface area (Å²) in [7, 11) is 0. The second-order valence-corrected chi connectivity index (χ2v) is 4.55. The Kier molecular flexibility index (Phi) is 4.67. The van der Waals surface area contributed by atoms with Crippen LogP contribution in [-0.4, -0.2) is 23.5 Å².